The molecular formula is C18H29NO3. The van der Waals surface area contributed by atoms with E-state index in [1.165, 1.54) is 11.1 Å². The summed E-state index contributed by atoms with van der Waals surface area (Å²) in [7, 11) is 0. The lowest BCUT2D eigenvalue weighted by atomic mass is 10.0. The summed E-state index contributed by atoms with van der Waals surface area (Å²) in [4.78, 5) is 2.38. The summed E-state index contributed by atoms with van der Waals surface area (Å²) in [6, 6.07) is 6.42. The Labute approximate surface area is 134 Å². The topological polar surface area (TPSA) is 30.9 Å². The van der Waals surface area contributed by atoms with Crippen molar-refractivity contribution in [3.05, 3.63) is 29.3 Å². The van der Waals surface area contributed by atoms with Crippen LogP contribution in [-0.4, -0.2) is 57.6 Å². The van der Waals surface area contributed by atoms with Crippen LogP contribution in [0.1, 0.15) is 30.9 Å². The molecule has 0 atom stereocenters. The zero-order valence-electron chi connectivity index (χ0n) is 14.1. The maximum atomic E-state index is 5.91. The van der Waals surface area contributed by atoms with Crippen LogP contribution in [0.3, 0.4) is 0 Å². The zero-order chi connectivity index (χ0) is 15.8. The molecule has 1 heterocycles. The fourth-order valence-electron chi connectivity index (χ4n) is 2.57. The maximum Gasteiger partial charge on any atom is 0.123 e. The lowest BCUT2D eigenvalue weighted by molar-refractivity contribution is 0.0170. The van der Waals surface area contributed by atoms with E-state index in [0.29, 0.717) is 19.1 Å². The van der Waals surface area contributed by atoms with Crippen LogP contribution < -0.4 is 4.74 Å². The molecule has 0 bridgehead atoms. The Morgan fingerprint density at radius 2 is 1.91 bits per heavy atom. The maximum absolute atomic E-state index is 5.91. The van der Waals surface area contributed by atoms with Crippen molar-refractivity contribution in [1.29, 1.82) is 0 Å². The Hall–Kier alpha value is -1.10. The standard InChI is InChI=1S/C18H29NO3/c1-15(2)17-5-4-16(3)14-18(17)22-13-12-21-11-8-19-6-9-20-10-7-19/h4-5,14-15H,6-13H2,1-3H3. The highest BCUT2D eigenvalue weighted by atomic mass is 16.5. The molecule has 1 saturated heterocycles. The van der Waals surface area contributed by atoms with E-state index in [1.54, 1.807) is 0 Å². The highest BCUT2D eigenvalue weighted by Gasteiger charge is 2.10. The van der Waals surface area contributed by atoms with Crippen LogP contribution in [-0.2, 0) is 9.47 Å². The molecule has 124 valence electrons. The van der Waals surface area contributed by atoms with E-state index in [1.807, 2.05) is 0 Å². The SMILES string of the molecule is Cc1ccc(C(C)C)c(OCCOCCN2CCOCC2)c1. The molecule has 2 rings (SSSR count). The molecule has 0 unspecified atom stereocenters. The predicted octanol–water partition coefficient (Wildman–Crippen LogP) is 2.85. The second kappa shape index (κ2) is 9.13. The van der Waals surface area contributed by atoms with Crippen LogP contribution in [0.15, 0.2) is 18.2 Å². The van der Waals surface area contributed by atoms with Crippen molar-refractivity contribution in [2.75, 3.05) is 52.7 Å². The van der Waals surface area contributed by atoms with Gasteiger partial charge in [0.15, 0.2) is 0 Å². The van der Waals surface area contributed by atoms with Crippen molar-refractivity contribution >= 4 is 0 Å². The van der Waals surface area contributed by atoms with Gasteiger partial charge in [-0.25, -0.2) is 0 Å². The molecule has 1 aliphatic rings. The molecule has 0 aliphatic carbocycles. The van der Waals surface area contributed by atoms with Crippen LogP contribution in [0.25, 0.3) is 0 Å². The molecule has 4 nitrogen and oxygen atoms in total. The first-order valence-corrected chi connectivity index (χ1v) is 8.28. The van der Waals surface area contributed by atoms with Crippen LogP contribution in [0.5, 0.6) is 5.75 Å². The molecule has 4 heteroatoms. The average Bonchev–Trinajstić information content (AvgIpc) is 2.51. The van der Waals surface area contributed by atoms with Gasteiger partial charge in [-0.1, -0.05) is 26.0 Å². The van der Waals surface area contributed by atoms with Gasteiger partial charge in [-0.05, 0) is 30.0 Å². The van der Waals surface area contributed by atoms with Crippen LogP contribution in [0.4, 0.5) is 0 Å². The fraction of sp³-hybridized carbons (Fsp3) is 0.667. The molecule has 0 amide bonds. The number of benzene rings is 1. The molecule has 0 aromatic heterocycles. The fourth-order valence-corrected chi connectivity index (χ4v) is 2.57. The molecule has 0 saturated carbocycles. The monoisotopic (exact) mass is 307 g/mol. The van der Waals surface area contributed by atoms with Crippen LogP contribution in [0.2, 0.25) is 0 Å². The summed E-state index contributed by atoms with van der Waals surface area (Å²) in [6.45, 7) is 13.2. The van der Waals surface area contributed by atoms with E-state index >= 15 is 0 Å². The van der Waals surface area contributed by atoms with E-state index in [4.69, 9.17) is 14.2 Å². The number of aryl methyl sites for hydroxylation is 1. The molecule has 1 aromatic carbocycles. The number of hydrogen-bond donors (Lipinski definition) is 0. The summed E-state index contributed by atoms with van der Waals surface area (Å²) in [5.41, 5.74) is 2.49. The summed E-state index contributed by atoms with van der Waals surface area (Å²) in [6.07, 6.45) is 0. The number of hydrogen-bond acceptors (Lipinski definition) is 4. The Balaban J connectivity index is 1.65. The predicted molar refractivity (Wildman–Crippen MR) is 88.8 cm³/mol. The number of morpholine rings is 1. The molecule has 1 aliphatic heterocycles. The van der Waals surface area contributed by atoms with E-state index in [2.05, 4.69) is 43.9 Å². The largest absolute Gasteiger partial charge is 0.491 e. The lowest BCUT2D eigenvalue weighted by Gasteiger charge is -2.26. The molecule has 1 fully saturated rings. The average molecular weight is 307 g/mol. The summed E-state index contributed by atoms with van der Waals surface area (Å²) < 4.78 is 16.9. The van der Waals surface area contributed by atoms with Gasteiger partial charge in [0.25, 0.3) is 0 Å². The summed E-state index contributed by atoms with van der Waals surface area (Å²) in [5, 5.41) is 0. The third kappa shape index (κ3) is 5.59. The Morgan fingerprint density at radius 3 is 2.64 bits per heavy atom. The van der Waals surface area contributed by atoms with Crippen molar-refractivity contribution in [1.82, 2.24) is 4.90 Å². The second-order valence-corrected chi connectivity index (χ2v) is 6.11. The molecule has 0 N–H and O–H groups in total. The minimum absolute atomic E-state index is 0.470. The highest BCUT2D eigenvalue weighted by molar-refractivity contribution is 5.39. The Morgan fingerprint density at radius 1 is 1.14 bits per heavy atom. The van der Waals surface area contributed by atoms with E-state index < -0.39 is 0 Å². The van der Waals surface area contributed by atoms with Crippen molar-refractivity contribution in [2.45, 2.75) is 26.7 Å². The van der Waals surface area contributed by atoms with Crippen molar-refractivity contribution in [3.8, 4) is 5.75 Å². The van der Waals surface area contributed by atoms with E-state index in [-0.39, 0.29) is 0 Å². The van der Waals surface area contributed by atoms with E-state index in [9.17, 15) is 0 Å². The minimum atomic E-state index is 0.470. The van der Waals surface area contributed by atoms with Gasteiger partial charge in [-0.15, -0.1) is 0 Å². The number of ether oxygens (including phenoxy) is 3. The normalized spacial score (nSPS) is 16.2. The van der Waals surface area contributed by atoms with Crippen molar-refractivity contribution < 1.29 is 14.2 Å². The molecule has 22 heavy (non-hydrogen) atoms. The van der Waals surface area contributed by atoms with Crippen molar-refractivity contribution in [2.24, 2.45) is 0 Å². The van der Waals surface area contributed by atoms with E-state index in [0.717, 1.165) is 45.2 Å². The van der Waals surface area contributed by atoms with Crippen LogP contribution in [0, 0.1) is 6.92 Å². The molecular weight excluding hydrogens is 278 g/mol. The third-order valence-corrected chi connectivity index (χ3v) is 3.93. The van der Waals surface area contributed by atoms with Gasteiger partial charge >= 0.3 is 0 Å². The molecule has 0 spiro atoms. The van der Waals surface area contributed by atoms with Crippen molar-refractivity contribution in [3.63, 3.8) is 0 Å². The highest BCUT2D eigenvalue weighted by Crippen LogP contribution is 2.27. The molecule has 0 radical (unpaired) electrons. The summed E-state index contributed by atoms with van der Waals surface area (Å²) in [5.74, 6) is 1.46. The quantitative estimate of drug-likeness (QED) is 0.691. The van der Waals surface area contributed by atoms with Gasteiger partial charge in [0.05, 0.1) is 26.4 Å². The first-order valence-electron chi connectivity index (χ1n) is 8.28. The molecule has 1 aromatic rings. The first kappa shape index (κ1) is 17.3. The minimum Gasteiger partial charge on any atom is -0.491 e. The van der Waals surface area contributed by atoms with Crippen LogP contribution >= 0.6 is 0 Å². The third-order valence-electron chi connectivity index (χ3n) is 3.93. The number of nitrogens with zero attached hydrogens (tertiary/aromatic N) is 1. The Kier molecular flexibility index (Phi) is 7.16. The van der Waals surface area contributed by atoms with Gasteiger partial charge in [0.1, 0.15) is 12.4 Å². The first-order chi connectivity index (χ1) is 10.7. The van der Waals surface area contributed by atoms with Gasteiger partial charge < -0.3 is 14.2 Å². The smallest absolute Gasteiger partial charge is 0.123 e. The van der Waals surface area contributed by atoms with Gasteiger partial charge in [0, 0.05) is 19.6 Å². The van der Waals surface area contributed by atoms with Gasteiger partial charge in [-0.3, -0.25) is 4.90 Å². The van der Waals surface area contributed by atoms with Gasteiger partial charge in [0.2, 0.25) is 0 Å². The summed E-state index contributed by atoms with van der Waals surface area (Å²) >= 11 is 0. The Bertz CT molecular complexity index is 442. The lowest BCUT2D eigenvalue weighted by Crippen LogP contribution is -2.38. The van der Waals surface area contributed by atoms with Gasteiger partial charge in [-0.2, -0.15) is 0 Å². The zero-order valence-corrected chi connectivity index (χ0v) is 14.1. The second-order valence-electron chi connectivity index (χ2n) is 6.11. The number of rotatable bonds is 8.